The molecule has 2 aromatic rings. The van der Waals surface area contributed by atoms with Gasteiger partial charge in [-0.3, -0.25) is 9.59 Å². The van der Waals surface area contributed by atoms with Crippen LogP contribution in [0.1, 0.15) is 28.2 Å². The maximum absolute atomic E-state index is 13.7. The van der Waals surface area contributed by atoms with Gasteiger partial charge in [-0.05, 0) is 24.4 Å². The van der Waals surface area contributed by atoms with Crippen LogP contribution in [0.25, 0.3) is 0 Å². The van der Waals surface area contributed by atoms with E-state index in [-0.39, 0.29) is 18.0 Å². The molecular formula is C16H16F2N2O2S. The largest absolute Gasteiger partial charge is 0.348 e. The Morgan fingerprint density at radius 2 is 2.04 bits per heavy atom. The summed E-state index contributed by atoms with van der Waals surface area (Å²) in [5, 5.41) is 4.37. The molecule has 0 spiro atoms. The lowest BCUT2D eigenvalue weighted by Gasteiger charge is -2.19. The van der Waals surface area contributed by atoms with Crippen molar-refractivity contribution in [2.75, 3.05) is 13.6 Å². The van der Waals surface area contributed by atoms with Crippen LogP contribution in [0.5, 0.6) is 0 Å². The molecular weight excluding hydrogens is 322 g/mol. The van der Waals surface area contributed by atoms with E-state index in [9.17, 15) is 18.4 Å². The average molecular weight is 338 g/mol. The lowest BCUT2D eigenvalue weighted by molar-refractivity contribution is -0.122. The fourth-order valence-corrected chi connectivity index (χ4v) is 2.81. The summed E-state index contributed by atoms with van der Waals surface area (Å²) in [5.41, 5.74) is 0.187. The molecule has 1 N–H and O–H groups in total. The zero-order valence-corrected chi connectivity index (χ0v) is 13.5. The van der Waals surface area contributed by atoms with Gasteiger partial charge >= 0.3 is 0 Å². The number of likely N-dealkylation sites (N-methyl/N-ethyl adjacent to an activating group) is 1. The third-order valence-electron chi connectivity index (χ3n) is 3.27. The highest BCUT2D eigenvalue weighted by molar-refractivity contribution is 7.12. The predicted molar refractivity (Wildman–Crippen MR) is 84.2 cm³/mol. The number of carbonyl (C=O) groups excluding carboxylic acids is 2. The van der Waals surface area contributed by atoms with Crippen molar-refractivity contribution in [2.24, 2.45) is 0 Å². The number of nitrogens with zero attached hydrogens (tertiary/aromatic N) is 1. The Bertz CT molecular complexity index is 704. The van der Waals surface area contributed by atoms with Crippen LogP contribution in [-0.4, -0.2) is 30.3 Å². The highest BCUT2D eigenvalue weighted by Gasteiger charge is 2.18. The van der Waals surface area contributed by atoms with Crippen LogP contribution in [0.15, 0.2) is 35.7 Å². The van der Waals surface area contributed by atoms with E-state index >= 15 is 0 Å². The highest BCUT2D eigenvalue weighted by atomic mass is 32.1. The van der Waals surface area contributed by atoms with Crippen molar-refractivity contribution >= 4 is 23.2 Å². The van der Waals surface area contributed by atoms with Crippen molar-refractivity contribution in [3.8, 4) is 0 Å². The number of nitrogens with one attached hydrogen (secondary N) is 1. The predicted octanol–water partition coefficient (Wildman–Crippen LogP) is 2.98. The first-order valence-corrected chi connectivity index (χ1v) is 7.79. The number of amides is 2. The standard InChI is InChI=1S/C16H16F2N2O2S/c1-10(12-6-5-11(17)8-13(12)18)19-15(21)9-20(2)16(22)14-4-3-7-23-14/h3-8,10H,9H2,1-2H3,(H,19,21). The van der Waals surface area contributed by atoms with Crippen molar-refractivity contribution in [2.45, 2.75) is 13.0 Å². The van der Waals surface area contributed by atoms with E-state index in [1.807, 2.05) is 0 Å². The molecule has 2 amide bonds. The highest BCUT2D eigenvalue weighted by Crippen LogP contribution is 2.17. The third-order valence-corrected chi connectivity index (χ3v) is 4.12. The summed E-state index contributed by atoms with van der Waals surface area (Å²) < 4.78 is 26.6. The van der Waals surface area contributed by atoms with E-state index in [1.54, 1.807) is 24.4 Å². The molecule has 4 nitrogen and oxygen atoms in total. The number of halogens is 2. The monoisotopic (exact) mass is 338 g/mol. The van der Waals surface area contributed by atoms with Gasteiger partial charge in [0.1, 0.15) is 11.6 Å². The van der Waals surface area contributed by atoms with Gasteiger partial charge in [0.15, 0.2) is 0 Å². The minimum Gasteiger partial charge on any atom is -0.348 e. The Morgan fingerprint density at radius 1 is 1.30 bits per heavy atom. The van der Waals surface area contributed by atoms with Gasteiger partial charge in [0.2, 0.25) is 5.91 Å². The van der Waals surface area contributed by atoms with E-state index in [1.165, 1.54) is 29.4 Å². The van der Waals surface area contributed by atoms with Gasteiger partial charge in [0.25, 0.3) is 5.91 Å². The molecule has 2 rings (SSSR count). The molecule has 1 unspecified atom stereocenters. The number of hydrogen-bond acceptors (Lipinski definition) is 3. The topological polar surface area (TPSA) is 49.4 Å². The summed E-state index contributed by atoms with van der Waals surface area (Å²) in [4.78, 5) is 25.9. The van der Waals surface area contributed by atoms with E-state index in [2.05, 4.69) is 5.32 Å². The molecule has 0 radical (unpaired) electrons. The summed E-state index contributed by atoms with van der Waals surface area (Å²) in [5.74, 6) is -2.07. The summed E-state index contributed by atoms with van der Waals surface area (Å²) in [6, 6.07) is 5.99. The van der Waals surface area contributed by atoms with Crippen LogP contribution in [-0.2, 0) is 4.79 Å². The van der Waals surface area contributed by atoms with E-state index in [0.717, 1.165) is 12.1 Å². The van der Waals surface area contributed by atoms with Gasteiger partial charge in [-0.25, -0.2) is 8.78 Å². The number of hydrogen-bond donors (Lipinski definition) is 1. The Hall–Kier alpha value is -2.28. The molecule has 0 saturated carbocycles. The summed E-state index contributed by atoms with van der Waals surface area (Å²) in [6.45, 7) is 1.44. The Labute approximate surface area is 136 Å². The molecule has 1 aromatic carbocycles. The molecule has 23 heavy (non-hydrogen) atoms. The second kappa shape index (κ2) is 7.32. The molecule has 7 heteroatoms. The molecule has 1 heterocycles. The van der Waals surface area contributed by atoms with Gasteiger partial charge in [-0.1, -0.05) is 12.1 Å². The van der Waals surface area contributed by atoms with Crippen LogP contribution >= 0.6 is 11.3 Å². The van der Waals surface area contributed by atoms with E-state index in [0.29, 0.717) is 4.88 Å². The maximum atomic E-state index is 13.7. The first-order chi connectivity index (χ1) is 10.9. The molecule has 1 aromatic heterocycles. The Morgan fingerprint density at radius 3 is 2.65 bits per heavy atom. The first kappa shape index (κ1) is 17.1. The Balaban J connectivity index is 1.95. The second-order valence-corrected chi connectivity index (χ2v) is 6.04. The smallest absolute Gasteiger partial charge is 0.264 e. The van der Waals surface area contributed by atoms with Crippen LogP contribution in [0, 0.1) is 11.6 Å². The second-order valence-electron chi connectivity index (χ2n) is 5.09. The first-order valence-electron chi connectivity index (χ1n) is 6.91. The van der Waals surface area contributed by atoms with Crippen molar-refractivity contribution in [3.05, 3.63) is 57.8 Å². The SMILES string of the molecule is CC(NC(=O)CN(C)C(=O)c1cccs1)c1ccc(F)cc1F. The normalized spacial score (nSPS) is 11.8. The van der Waals surface area contributed by atoms with Gasteiger partial charge in [0, 0.05) is 18.7 Å². The Kier molecular flexibility index (Phi) is 5.44. The lowest BCUT2D eigenvalue weighted by Crippen LogP contribution is -2.39. The molecule has 0 aliphatic heterocycles. The molecule has 1 atom stereocenters. The van der Waals surface area contributed by atoms with Crippen molar-refractivity contribution in [3.63, 3.8) is 0 Å². The zero-order valence-electron chi connectivity index (χ0n) is 12.7. The number of rotatable bonds is 5. The van der Waals surface area contributed by atoms with Crippen LogP contribution in [0.3, 0.4) is 0 Å². The zero-order chi connectivity index (χ0) is 17.0. The fraction of sp³-hybridized carbons (Fsp3) is 0.250. The van der Waals surface area contributed by atoms with Gasteiger partial charge < -0.3 is 10.2 Å². The van der Waals surface area contributed by atoms with Crippen molar-refractivity contribution in [1.29, 1.82) is 0 Å². The van der Waals surface area contributed by atoms with Crippen molar-refractivity contribution < 1.29 is 18.4 Å². The maximum Gasteiger partial charge on any atom is 0.264 e. The third kappa shape index (κ3) is 4.35. The summed E-state index contributed by atoms with van der Waals surface area (Å²) >= 11 is 1.29. The number of carbonyl (C=O) groups is 2. The minimum atomic E-state index is -0.721. The molecule has 0 fully saturated rings. The van der Waals surface area contributed by atoms with Crippen LogP contribution in [0.4, 0.5) is 8.78 Å². The lowest BCUT2D eigenvalue weighted by atomic mass is 10.1. The molecule has 0 aliphatic carbocycles. The van der Waals surface area contributed by atoms with Gasteiger partial charge in [-0.15, -0.1) is 11.3 Å². The average Bonchev–Trinajstić information content (AvgIpc) is 2.99. The summed E-state index contributed by atoms with van der Waals surface area (Å²) in [6.07, 6.45) is 0. The molecule has 0 saturated heterocycles. The van der Waals surface area contributed by atoms with Crippen LogP contribution in [0.2, 0.25) is 0 Å². The summed E-state index contributed by atoms with van der Waals surface area (Å²) in [7, 11) is 1.52. The van der Waals surface area contributed by atoms with Gasteiger partial charge in [-0.2, -0.15) is 0 Å². The van der Waals surface area contributed by atoms with Crippen molar-refractivity contribution in [1.82, 2.24) is 10.2 Å². The van der Waals surface area contributed by atoms with Crippen LogP contribution < -0.4 is 5.32 Å². The number of benzene rings is 1. The minimum absolute atomic E-state index is 0.149. The molecule has 0 aliphatic rings. The van der Waals surface area contributed by atoms with E-state index in [4.69, 9.17) is 0 Å². The fourth-order valence-electron chi connectivity index (χ4n) is 2.09. The number of thiophene rings is 1. The van der Waals surface area contributed by atoms with E-state index < -0.39 is 23.6 Å². The quantitative estimate of drug-likeness (QED) is 0.911. The van der Waals surface area contributed by atoms with Gasteiger partial charge in [0.05, 0.1) is 17.5 Å². The molecule has 122 valence electrons. The molecule has 0 bridgehead atoms.